The number of aromatic nitrogens is 2. The molecule has 5 nitrogen and oxygen atoms in total. The predicted molar refractivity (Wildman–Crippen MR) is 105 cm³/mol. The first-order valence-electron chi connectivity index (χ1n) is 7.75. The predicted octanol–water partition coefficient (Wildman–Crippen LogP) is 4.40. The zero-order chi connectivity index (χ0) is 16.2. The summed E-state index contributed by atoms with van der Waals surface area (Å²) in [6.07, 6.45) is 0. The molecule has 2 aromatic carbocycles. The van der Waals surface area contributed by atoms with Crippen molar-refractivity contribution in [3.05, 3.63) is 53.9 Å². The average molecular weight is 384 g/mol. The van der Waals surface area contributed by atoms with Crippen LogP contribution in [0.3, 0.4) is 0 Å². The Kier molecular flexibility index (Phi) is 8.03. The number of hydrogen-bond donors (Lipinski definition) is 2. The van der Waals surface area contributed by atoms with E-state index in [4.69, 9.17) is 15.2 Å². The van der Waals surface area contributed by atoms with Crippen LogP contribution in [0.2, 0.25) is 0 Å². The van der Waals surface area contributed by atoms with Crippen LogP contribution in [0.15, 0.2) is 42.5 Å². The van der Waals surface area contributed by atoms with E-state index in [2.05, 4.69) is 9.97 Å². The molecule has 136 valence electrons. The summed E-state index contributed by atoms with van der Waals surface area (Å²) >= 11 is 0. The Morgan fingerprint density at radius 1 is 1.04 bits per heavy atom. The maximum absolute atomic E-state index is 5.86. The lowest BCUT2D eigenvalue weighted by Gasteiger charge is -2.08. The number of aromatic amines is 1. The van der Waals surface area contributed by atoms with Gasteiger partial charge in [-0.25, -0.2) is 4.98 Å². The number of imidazole rings is 1. The highest BCUT2D eigenvalue weighted by Gasteiger charge is 2.07. The van der Waals surface area contributed by atoms with Crippen LogP contribution in [0.1, 0.15) is 31.3 Å². The lowest BCUT2D eigenvalue weighted by Crippen LogP contribution is -2.06. The van der Waals surface area contributed by atoms with Crippen molar-refractivity contribution in [1.29, 1.82) is 0 Å². The number of halogens is 2. The minimum Gasteiger partial charge on any atom is -0.494 e. The molecule has 0 amide bonds. The third-order valence-corrected chi connectivity index (χ3v) is 3.54. The molecule has 0 saturated heterocycles. The van der Waals surface area contributed by atoms with E-state index in [0.717, 1.165) is 33.9 Å². The normalized spacial score (nSPS) is 11.3. The van der Waals surface area contributed by atoms with Gasteiger partial charge in [0.15, 0.2) is 0 Å². The first-order chi connectivity index (χ1) is 11.2. The van der Waals surface area contributed by atoms with Gasteiger partial charge in [0.1, 0.15) is 23.9 Å². The van der Waals surface area contributed by atoms with Gasteiger partial charge in [0, 0.05) is 0 Å². The fourth-order valence-corrected chi connectivity index (χ4v) is 2.35. The molecule has 0 aliphatic rings. The number of H-pyrrole nitrogens is 1. The highest BCUT2D eigenvalue weighted by molar-refractivity contribution is 5.85. The second-order valence-electron chi connectivity index (χ2n) is 5.46. The minimum atomic E-state index is -0.106. The van der Waals surface area contributed by atoms with Crippen LogP contribution in [0, 0.1) is 0 Å². The SMILES string of the molecule is CCOc1ccc(OCc2ccc3nc(C(C)N)[nH]c3c2)cc1.Cl.Cl. The zero-order valence-corrected chi connectivity index (χ0v) is 15.8. The molecular formula is C18H23Cl2N3O2. The molecule has 1 aromatic heterocycles. The van der Waals surface area contributed by atoms with E-state index in [0.29, 0.717) is 13.2 Å². The van der Waals surface area contributed by atoms with Gasteiger partial charge < -0.3 is 20.2 Å². The molecule has 0 saturated carbocycles. The smallest absolute Gasteiger partial charge is 0.123 e. The Hall–Kier alpha value is -1.95. The number of hydrogen-bond acceptors (Lipinski definition) is 4. The number of benzene rings is 2. The topological polar surface area (TPSA) is 73.2 Å². The van der Waals surface area contributed by atoms with E-state index in [-0.39, 0.29) is 30.9 Å². The molecule has 1 unspecified atom stereocenters. The average Bonchev–Trinajstić information content (AvgIpc) is 2.98. The van der Waals surface area contributed by atoms with Crippen molar-refractivity contribution in [1.82, 2.24) is 9.97 Å². The van der Waals surface area contributed by atoms with Crippen LogP contribution in [0.5, 0.6) is 11.5 Å². The second-order valence-corrected chi connectivity index (χ2v) is 5.46. The molecule has 0 aliphatic heterocycles. The van der Waals surface area contributed by atoms with Crippen LogP contribution >= 0.6 is 24.8 Å². The summed E-state index contributed by atoms with van der Waals surface area (Å²) in [7, 11) is 0. The van der Waals surface area contributed by atoms with Crippen LogP contribution in [-0.2, 0) is 6.61 Å². The van der Waals surface area contributed by atoms with Crippen molar-refractivity contribution in [3.63, 3.8) is 0 Å². The van der Waals surface area contributed by atoms with Crippen LogP contribution in [-0.4, -0.2) is 16.6 Å². The molecule has 0 radical (unpaired) electrons. The Labute approximate surface area is 159 Å². The number of ether oxygens (including phenoxy) is 2. The van der Waals surface area contributed by atoms with E-state index < -0.39 is 0 Å². The number of fused-ring (bicyclic) bond motifs is 1. The van der Waals surface area contributed by atoms with Crippen molar-refractivity contribution in [3.8, 4) is 11.5 Å². The lowest BCUT2D eigenvalue weighted by molar-refractivity contribution is 0.304. The molecule has 3 aromatic rings. The van der Waals surface area contributed by atoms with Crippen molar-refractivity contribution in [2.45, 2.75) is 26.5 Å². The molecule has 0 fully saturated rings. The fraction of sp³-hybridized carbons (Fsp3) is 0.278. The number of nitrogens with one attached hydrogen (secondary N) is 1. The van der Waals surface area contributed by atoms with E-state index >= 15 is 0 Å². The largest absolute Gasteiger partial charge is 0.494 e. The maximum atomic E-state index is 5.86. The first kappa shape index (κ1) is 21.1. The molecule has 25 heavy (non-hydrogen) atoms. The molecule has 0 spiro atoms. The molecule has 0 bridgehead atoms. The maximum Gasteiger partial charge on any atom is 0.123 e. The molecule has 3 rings (SSSR count). The summed E-state index contributed by atoms with van der Waals surface area (Å²) in [6.45, 7) is 5.03. The summed E-state index contributed by atoms with van der Waals surface area (Å²) in [5.74, 6) is 2.46. The molecule has 1 heterocycles. The van der Waals surface area contributed by atoms with Gasteiger partial charge in [0.05, 0.1) is 23.7 Å². The standard InChI is InChI=1S/C18H21N3O2.2ClH/c1-3-22-14-5-7-15(8-6-14)23-11-13-4-9-16-17(10-13)21-18(20-16)12(2)19;;/h4-10,12H,3,11,19H2,1-2H3,(H,20,21);2*1H. The molecule has 0 aliphatic carbocycles. The van der Waals surface area contributed by atoms with E-state index in [9.17, 15) is 0 Å². The molecular weight excluding hydrogens is 361 g/mol. The Balaban J connectivity index is 0.00000156. The van der Waals surface area contributed by atoms with E-state index in [1.54, 1.807) is 0 Å². The summed E-state index contributed by atoms with van der Waals surface area (Å²) in [5, 5.41) is 0. The molecule has 1 atom stereocenters. The number of nitrogens with zero attached hydrogens (tertiary/aromatic N) is 1. The van der Waals surface area contributed by atoms with E-state index in [1.165, 1.54) is 0 Å². The van der Waals surface area contributed by atoms with Crippen molar-refractivity contribution in [2.75, 3.05) is 6.61 Å². The van der Waals surface area contributed by atoms with Gasteiger partial charge in [-0.1, -0.05) is 6.07 Å². The summed E-state index contributed by atoms with van der Waals surface area (Å²) < 4.78 is 11.2. The third kappa shape index (κ3) is 5.26. The van der Waals surface area contributed by atoms with Gasteiger partial charge >= 0.3 is 0 Å². The van der Waals surface area contributed by atoms with Crippen LogP contribution in [0.4, 0.5) is 0 Å². The van der Waals surface area contributed by atoms with Crippen molar-refractivity contribution >= 4 is 35.8 Å². The van der Waals surface area contributed by atoms with Crippen molar-refractivity contribution in [2.24, 2.45) is 5.73 Å². The summed E-state index contributed by atoms with van der Waals surface area (Å²) in [6, 6.07) is 13.6. The van der Waals surface area contributed by atoms with Crippen molar-refractivity contribution < 1.29 is 9.47 Å². The Bertz CT molecular complexity index is 789. The second kappa shape index (κ2) is 9.51. The lowest BCUT2D eigenvalue weighted by atomic mass is 10.2. The molecule has 3 N–H and O–H groups in total. The van der Waals surface area contributed by atoms with Gasteiger partial charge in [-0.15, -0.1) is 24.8 Å². The minimum absolute atomic E-state index is 0. The fourth-order valence-electron chi connectivity index (χ4n) is 2.35. The van der Waals surface area contributed by atoms with Crippen LogP contribution < -0.4 is 15.2 Å². The van der Waals surface area contributed by atoms with E-state index in [1.807, 2.05) is 56.3 Å². The first-order valence-corrected chi connectivity index (χ1v) is 7.75. The van der Waals surface area contributed by atoms with Gasteiger partial charge in [-0.05, 0) is 55.8 Å². The van der Waals surface area contributed by atoms with Gasteiger partial charge in [0.2, 0.25) is 0 Å². The highest BCUT2D eigenvalue weighted by atomic mass is 35.5. The summed E-state index contributed by atoms with van der Waals surface area (Å²) in [5.41, 5.74) is 8.83. The van der Waals surface area contributed by atoms with Gasteiger partial charge in [-0.2, -0.15) is 0 Å². The quantitative estimate of drug-likeness (QED) is 0.661. The highest BCUT2D eigenvalue weighted by Crippen LogP contribution is 2.20. The summed E-state index contributed by atoms with van der Waals surface area (Å²) in [4.78, 5) is 7.71. The van der Waals surface area contributed by atoms with Gasteiger partial charge in [-0.3, -0.25) is 0 Å². The molecule has 7 heteroatoms. The number of nitrogens with two attached hydrogens (primary N) is 1. The van der Waals surface area contributed by atoms with Crippen LogP contribution in [0.25, 0.3) is 11.0 Å². The van der Waals surface area contributed by atoms with Gasteiger partial charge in [0.25, 0.3) is 0 Å². The zero-order valence-electron chi connectivity index (χ0n) is 14.2. The Morgan fingerprint density at radius 2 is 1.68 bits per heavy atom. The number of rotatable bonds is 6. The monoisotopic (exact) mass is 383 g/mol. The Morgan fingerprint density at radius 3 is 2.28 bits per heavy atom. The third-order valence-electron chi connectivity index (χ3n) is 3.54.